The maximum atomic E-state index is 12.1. The van der Waals surface area contributed by atoms with Gasteiger partial charge in [0, 0.05) is 0 Å². The number of carbonyl (C=O) groups is 3. The number of carbonyl (C=O) groups excluding carboxylic acids is 3. The monoisotopic (exact) mass is 372 g/mol. The molecule has 5 atom stereocenters. The van der Waals surface area contributed by atoms with E-state index in [9.17, 15) is 24.6 Å². The SMILES string of the molecule is CC(=O)[C@@H](NC(=O)N[C@@H](CC(N)=O)c1nnc([C@@H](N)C(C)O)o1)C(C)O. The van der Waals surface area contributed by atoms with Crippen LogP contribution in [0.5, 0.6) is 0 Å². The van der Waals surface area contributed by atoms with Crippen molar-refractivity contribution in [2.24, 2.45) is 11.5 Å². The number of ketones is 1. The minimum absolute atomic E-state index is 0.0859. The quantitative estimate of drug-likeness (QED) is 0.283. The molecule has 146 valence electrons. The van der Waals surface area contributed by atoms with Crippen molar-refractivity contribution in [2.75, 3.05) is 0 Å². The largest absolute Gasteiger partial charge is 0.421 e. The van der Waals surface area contributed by atoms with Crippen LogP contribution in [-0.2, 0) is 9.59 Å². The molecule has 0 aliphatic heterocycles. The van der Waals surface area contributed by atoms with Crippen molar-refractivity contribution in [1.82, 2.24) is 20.8 Å². The van der Waals surface area contributed by atoms with Gasteiger partial charge in [0.25, 0.3) is 0 Å². The van der Waals surface area contributed by atoms with Gasteiger partial charge in [-0.15, -0.1) is 10.2 Å². The van der Waals surface area contributed by atoms with Crippen molar-refractivity contribution < 1.29 is 29.0 Å². The number of aromatic nitrogens is 2. The highest BCUT2D eigenvalue weighted by Gasteiger charge is 2.28. The number of hydrogen-bond donors (Lipinski definition) is 6. The first-order chi connectivity index (χ1) is 12.0. The van der Waals surface area contributed by atoms with Crippen LogP contribution in [0.15, 0.2) is 4.42 Å². The maximum Gasteiger partial charge on any atom is 0.316 e. The van der Waals surface area contributed by atoms with Crippen LogP contribution in [0, 0.1) is 0 Å². The second-order valence-electron chi connectivity index (χ2n) is 5.91. The predicted molar refractivity (Wildman–Crippen MR) is 87.3 cm³/mol. The Hall–Kier alpha value is -2.57. The molecule has 0 fully saturated rings. The van der Waals surface area contributed by atoms with E-state index < -0.39 is 48.1 Å². The second-order valence-corrected chi connectivity index (χ2v) is 5.91. The van der Waals surface area contributed by atoms with Crippen LogP contribution in [-0.4, -0.2) is 56.4 Å². The van der Waals surface area contributed by atoms with Gasteiger partial charge in [-0.05, 0) is 20.8 Å². The highest BCUT2D eigenvalue weighted by molar-refractivity contribution is 5.87. The van der Waals surface area contributed by atoms with Crippen molar-refractivity contribution in [3.8, 4) is 0 Å². The van der Waals surface area contributed by atoms with Gasteiger partial charge in [0.1, 0.15) is 18.1 Å². The maximum absolute atomic E-state index is 12.1. The molecule has 1 heterocycles. The highest BCUT2D eigenvalue weighted by Crippen LogP contribution is 2.19. The first kappa shape index (κ1) is 21.5. The molecule has 0 aliphatic rings. The van der Waals surface area contributed by atoms with Gasteiger partial charge in [-0.3, -0.25) is 9.59 Å². The number of aliphatic hydroxyl groups is 2. The molecular weight excluding hydrogens is 348 g/mol. The van der Waals surface area contributed by atoms with Crippen LogP contribution in [0.2, 0.25) is 0 Å². The molecule has 8 N–H and O–H groups in total. The molecule has 2 unspecified atom stereocenters. The van der Waals surface area contributed by atoms with E-state index in [1.807, 2.05) is 0 Å². The van der Waals surface area contributed by atoms with Crippen LogP contribution in [0.1, 0.15) is 51.1 Å². The van der Waals surface area contributed by atoms with Gasteiger partial charge >= 0.3 is 6.03 Å². The predicted octanol–water partition coefficient (Wildman–Crippen LogP) is -2.00. The summed E-state index contributed by atoms with van der Waals surface area (Å²) in [6, 6.07) is -4.02. The van der Waals surface area contributed by atoms with Gasteiger partial charge in [0.2, 0.25) is 17.7 Å². The first-order valence-corrected chi connectivity index (χ1v) is 7.83. The first-order valence-electron chi connectivity index (χ1n) is 7.83. The average molecular weight is 372 g/mol. The number of nitrogens with two attached hydrogens (primary N) is 2. The van der Waals surface area contributed by atoms with E-state index >= 15 is 0 Å². The molecule has 1 rings (SSSR count). The van der Waals surface area contributed by atoms with Gasteiger partial charge in [0.05, 0.1) is 18.6 Å². The Kier molecular flexibility index (Phi) is 7.61. The molecule has 26 heavy (non-hydrogen) atoms. The summed E-state index contributed by atoms with van der Waals surface area (Å²) in [6.45, 7) is 3.98. The number of aliphatic hydroxyl groups excluding tert-OH is 2. The molecule has 0 aliphatic carbocycles. The third-order valence-electron chi connectivity index (χ3n) is 3.48. The normalized spacial score (nSPS) is 16.8. The molecule has 0 bridgehead atoms. The average Bonchev–Trinajstić information content (AvgIpc) is 2.99. The lowest BCUT2D eigenvalue weighted by Gasteiger charge is -2.21. The Bertz CT molecular complexity index is 646. The fraction of sp³-hybridized carbons (Fsp3) is 0.643. The van der Waals surface area contributed by atoms with E-state index in [2.05, 4.69) is 20.8 Å². The van der Waals surface area contributed by atoms with Crippen LogP contribution in [0.25, 0.3) is 0 Å². The van der Waals surface area contributed by atoms with Crippen molar-refractivity contribution in [2.45, 2.75) is 57.5 Å². The molecule has 0 radical (unpaired) electrons. The number of hydrogen-bond acceptors (Lipinski definition) is 9. The molecule has 12 nitrogen and oxygen atoms in total. The van der Waals surface area contributed by atoms with Crippen LogP contribution in [0.4, 0.5) is 4.79 Å². The number of Topliss-reactive ketones (excluding diaryl/α,β-unsaturated/α-hetero) is 1. The number of nitrogens with zero attached hydrogens (tertiary/aromatic N) is 2. The molecule has 0 saturated carbocycles. The third kappa shape index (κ3) is 6.06. The molecule has 12 heteroatoms. The Morgan fingerprint density at radius 1 is 1.12 bits per heavy atom. The highest BCUT2D eigenvalue weighted by atomic mass is 16.4. The summed E-state index contributed by atoms with van der Waals surface area (Å²) in [4.78, 5) is 34.8. The van der Waals surface area contributed by atoms with E-state index in [1.165, 1.54) is 20.8 Å². The van der Waals surface area contributed by atoms with E-state index in [0.29, 0.717) is 0 Å². The molecule has 0 saturated heterocycles. The Labute approximate surface area is 149 Å². The van der Waals surface area contributed by atoms with Crippen LogP contribution in [0.3, 0.4) is 0 Å². The summed E-state index contributed by atoms with van der Waals surface area (Å²) in [5, 5.41) is 31.0. The summed E-state index contributed by atoms with van der Waals surface area (Å²) in [5.74, 6) is -1.45. The number of urea groups is 1. The molecule has 1 aromatic heterocycles. The van der Waals surface area contributed by atoms with Crippen molar-refractivity contribution in [3.63, 3.8) is 0 Å². The minimum atomic E-state index is -1.13. The van der Waals surface area contributed by atoms with E-state index in [4.69, 9.17) is 15.9 Å². The van der Waals surface area contributed by atoms with Crippen molar-refractivity contribution in [3.05, 3.63) is 11.8 Å². The summed E-state index contributed by atoms with van der Waals surface area (Å²) in [7, 11) is 0. The topological polar surface area (TPSA) is 207 Å². The summed E-state index contributed by atoms with van der Waals surface area (Å²) >= 11 is 0. The van der Waals surface area contributed by atoms with Crippen LogP contribution < -0.4 is 22.1 Å². The molecule has 3 amide bonds. The smallest absolute Gasteiger partial charge is 0.316 e. The Morgan fingerprint density at radius 3 is 2.15 bits per heavy atom. The van der Waals surface area contributed by atoms with Crippen LogP contribution >= 0.6 is 0 Å². The molecule has 1 aromatic rings. The summed E-state index contributed by atoms with van der Waals surface area (Å²) in [6.07, 6.45) is -2.44. The van der Waals surface area contributed by atoms with E-state index in [1.54, 1.807) is 0 Å². The van der Waals surface area contributed by atoms with Crippen molar-refractivity contribution >= 4 is 17.7 Å². The molecule has 0 spiro atoms. The Morgan fingerprint density at radius 2 is 1.69 bits per heavy atom. The lowest BCUT2D eigenvalue weighted by atomic mass is 10.1. The third-order valence-corrected chi connectivity index (χ3v) is 3.48. The zero-order chi connectivity index (χ0) is 20.0. The van der Waals surface area contributed by atoms with E-state index in [0.717, 1.165) is 0 Å². The number of nitrogens with one attached hydrogen (secondary N) is 2. The fourth-order valence-corrected chi connectivity index (χ4v) is 2.03. The summed E-state index contributed by atoms with van der Waals surface area (Å²) in [5.41, 5.74) is 10.8. The Balaban J connectivity index is 2.92. The van der Waals surface area contributed by atoms with Gasteiger partial charge in [-0.2, -0.15) is 0 Å². The van der Waals surface area contributed by atoms with Gasteiger partial charge < -0.3 is 36.7 Å². The standard InChI is InChI=1S/C14H24N6O6/c1-5(21)10(16)13-20-19-12(26-13)8(4-9(15)24)17-14(25)18-11(6(2)22)7(3)23/h5-6,8,10-11,21-22H,4,16H2,1-3H3,(H2,15,24)(H2,17,18,25)/t5?,6?,8-,10-,11-/m0/s1. The second kappa shape index (κ2) is 9.22. The lowest BCUT2D eigenvalue weighted by Crippen LogP contribution is -2.51. The van der Waals surface area contributed by atoms with Crippen molar-refractivity contribution in [1.29, 1.82) is 0 Å². The molecular formula is C14H24N6O6. The zero-order valence-electron chi connectivity index (χ0n) is 14.7. The van der Waals surface area contributed by atoms with E-state index in [-0.39, 0.29) is 18.2 Å². The lowest BCUT2D eigenvalue weighted by molar-refractivity contribution is -0.121. The number of rotatable bonds is 9. The zero-order valence-corrected chi connectivity index (χ0v) is 14.7. The van der Waals surface area contributed by atoms with Gasteiger partial charge in [0.15, 0.2) is 5.78 Å². The number of amides is 3. The summed E-state index contributed by atoms with van der Waals surface area (Å²) < 4.78 is 5.30. The molecule has 0 aromatic carbocycles. The van der Waals surface area contributed by atoms with Gasteiger partial charge in [-0.25, -0.2) is 4.79 Å². The fourth-order valence-electron chi connectivity index (χ4n) is 2.03. The minimum Gasteiger partial charge on any atom is -0.421 e. The van der Waals surface area contributed by atoms with Gasteiger partial charge in [-0.1, -0.05) is 0 Å². The number of primary amides is 1.